The summed E-state index contributed by atoms with van der Waals surface area (Å²) in [6, 6.07) is 0. The van der Waals surface area contributed by atoms with Crippen molar-refractivity contribution in [3.63, 3.8) is 0 Å². The molecule has 0 aliphatic heterocycles. The lowest BCUT2D eigenvalue weighted by Gasteiger charge is -1.99. The van der Waals surface area contributed by atoms with E-state index >= 15 is 0 Å². The summed E-state index contributed by atoms with van der Waals surface area (Å²) in [5, 5.41) is 0. The molecule has 1 rings (SSSR count). The van der Waals surface area contributed by atoms with E-state index in [0.29, 0.717) is 11.6 Å². The maximum absolute atomic E-state index is 5.47. The third kappa shape index (κ3) is 1.15. The van der Waals surface area contributed by atoms with E-state index in [-0.39, 0.29) is 0 Å². The first-order valence-electron chi connectivity index (χ1n) is 3.11. The highest BCUT2D eigenvalue weighted by molar-refractivity contribution is 5.39. The van der Waals surface area contributed by atoms with Gasteiger partial charge in [-0.3, -0.25) is 0 Å². The van der Waals surface area contributed by atoms with Crippen molar-refractivity contribution < 1.29 is 0 Å². The number of rotatable bonds is 1. The molecule has 4 heteroatoms. The summed E-state index contributed by atoms with van der Waals surface area (Å²) in [6.45, 7) is 1.96. The van der Waals surface area contributed by atoms with Gasteiger partial charge in [-0.2, -0.15) is 0 Å². The summed E-state index contributed by atoms with van der Waals surface area (Å²) >= 11 is 0. The Bertz CT molecular complexity index is 233. The fourth-order valence-electron chi connectivity index (χ4n) is 0.712. The van der Waals surface area contributed by atoms with Crippen molar-refractivity contribution in [2.24, 2.45) is 0 Å². The lowest BCUT2D eigenvalue weighted by molar-refractivity contribution is 1.02. The lowest BCUT2D eigenvalue weighted by Crippen LogP contribution is -2.02. The van der Waals surface area contributed by atoms with Crippen LogP contribution in [0.2, 0.25) is 0 Å². The standard InChI is InChI=1S/C6H10N4/c1-2-4-6(8)9-3-5(7)10-4/h3H,2H2,1H3,(H2,7,10)(H2,8,9). The molecule has 54 valence electrons. The Kier molecular flexibility index (Phi) is 1.71. The molecule has 10 heavy (non-hydrogen) atoms. The minimum atomic E-state index is 0.422. The summed E-state index contributed by atoms with van der Waals surface area (Å²) in [7, 11) is 0. The Hall–Kier alpha value is -1.32. The normalized spacial score (nSPS) is 9.70. The van der Waals surface area contributed by atoms with Crippen LogP contribution in [0.25, 0.3) is 0 Å². The molecule has 0 radical (unpaired) electrons. The second kappa shape index (κ2) is 2.51. The Morgan fingerprint density at radius 1 is 1.50 bits per heavy atom. The number of aromatic nitrogens is 2. The smallest absolute Gasteiger partial charge is 0.145 e. The first-order valence-corrected chi connectivity index (χ1v) is 3.11. The van der Waals surface area contributed by atoms with E-state index in [1.54, 1.807) is 0 Å². The molecular formula is C6H10N4. The lowest BCUT2D eigenvalue weighted by atomic mass is 10.3. The molecule has 1 aromatic rings. The average molecular weight is 138 g/mol. The zero-order valence-electron chi connectivity index (χ0n) is 5.83. The summed E-state index contributed by atoms with van der Waals surface area (Å²) in [5.74, 6) is 0.891. The van der Waals surface area contributed by atoms with Crippen molar-refractivity contribution in [3.8, 4) is 0 Å². The van der Waals surface area contributed by atoms with Gasteiger partial charge in [0, 0.05) is 0 Å². The number of aryl methyl sites for hydroxylation is 1. The largest absolute Gasteiger partial charge is 0.382 e. The molecule has 0 unspecified atom stereocenters. The van der Waals surface area contributed by atoms with Gasteiger partial charge in [0.2, 0.25) is 0 Å². The van der Waals surface area contributed by atoms with Gasteiger partial charge in [-0.15, -0.1) is 0 Å². The molecule has 0 aliphatic rings. The molecule has 0 spiro atoms. The van der Waals surface area contributed by atoms with Crippen molar-refractivity contribution in [1.29, 1.82) is 0 Å². The van der Waals surface area contributed by atoms with Crippen molar-refractivity contribution in [3.05, 3.63) is 11.9 Å². The van der Waals surface area contributed by atoms with Gasteiger partial charge in [-0.1, -0.05) is 6.92 Å². The van der Waals surface area contributed by atoms with Crippen LogP contribution in [0.4, 0.5) is 11.6 Å². The maximum atomic E-state index is 5.47. The Morgan fingerprint density at radius 2 is 2.20 bits per heavy atom. The Labute approximate surface area is 59.3 Å². The second-order valence-corrected chi connectivity index (χ2v) is 1.98. The van der Waals surface area contributed by atoms with Gasteiger partial charge in [0.05, 0.1) is 11.9 Å². The number of nitrogens with zero attached hydrogens (tertiary/aromatic N) is 2. The van der Waals surface area contributed by atoms with E-state index < -0.39 is 0 Å². The van der Waals surface area contributed by atoms with Crippen LogP contribution >= 0.6 is 0 Å². The van der Waals surface area contributed by atoms with E-state index in [2.05, 4.69) is 9.97 Å². The molecule has 0 aromatic carbocycles. The molecule has 4 nitrogen and oxygen atoms in total. The number of anilines is 2. The first-order chi connectivity index (χ1) is 4.74. The predicted octanol–water partition coefficient (Wildman–Crippen LogP) is 0.203. The van der Waals surface area contributed by atoms with Crippen LogP contribution in [0, 0.1) is 0 Å². The van der Waals surface area contributed by atoms with Crippen molar-refractivity contribution in [2.45, 2.75) is 13.3 Å². The van der Waals surface area contributed by atoms with Gasteiger partial charge in [0.25, 0.3) is 0 Å². The van der Waals surface area contributed by atoms with E-state index in [1.807, 2.05) is 6.92 Å². The Balaban J connectivity index is 3.09. The zero-order chi connectivity index (χ0) is 7.56. The van der Waals surface area contributed by atoms with Gasteiger partial charge < -0.3 is 11.5 Å². The summed E-state index contributed by atoms with van der Waals surface area (Å²) < 4.78 is 0. The molecule has 1 heterocycles. The summed E-state index contributed by atoms with van der Waals surface area (Å²) in [4.78, 5) is 7.82. The SMILES string of the molecule is CCc1nc(N)cnc1N. The van der Waals surface area contributed by atoms with E-state index in [0.717, 1.165) is 12.1 Å². The maximum Gasteiger partial charge on any atom is 0.145 e. The molecule has 0 saturated carbocycles. The molecular weight excluding hydrogens is 128 g/mol. The van der Waals surface area contributed by atoms with Crippen molar-refractivity contribution in [1.82, 2.24) is 9.97 Å². The molecule has 0 saturated heterocycles. The van der Waals surface area contributed by atoms with Crippen molar-refractivity contribution in [2.75, 3.05) is 11.5 Å². The van der Waals surface area contributed by atoms with Gasteiger partial charge in [0.1, 0.15) is 11.6 Å². The molecule has 0 fully saturated rings. The highest BCUT2D eigenvalue weighted by Crippen LogP contribution is 2.06. The minimum Gasteiger partial charge on any atom is -0.382 e. The zero-order valence-corrected chi connectivity index (χ0v) is 5.83. The van der Waals surface area contributed by atoms with E-state index in [1.165, 1.54) is 6.20 Å². The van der Waals surface area contributed by atoms with Gasteiger partial charge in [-0.25, -0.2) is 9.97 Å². The van der Waals surface area contributed by atoms with Crippen LogP contribution in [0.15, 0.2) is 6.20 Å². The fraction of sp³-hybridized carbons (Fsp3) is 0.333. The number of hydrogen-bond acceptors (Lipinski definition) is 4. The third-order valence-corrected chi connectivity index (χ3v) is 1.23. The number of nitrogens with two attached hydrogens (primary N) is 2. The van der Waals surface area contributed by atoms with Crippen LogP contribution < -0.4 is 11.5 Å². The minimum absolute atomic E-state index is 0.422. The van der Waals surface area contributed by atoms with E-state index in [9.17, 15) is 0 Å². The third-order valence-electron chi connectivity index (χ3n) is 1.23. The first kappa shape index (κ1) is 6.80. The Morgan fingerprint density at radius 3 is 2.70 bits per heavy atom. The predicted molar refractivity (Wildman–Crippen MR) is 40.2 cm³/mol. The molecule has 0 amide bonds. The van der Waals surface area contributed by atoms with Crippen molar-refractivity contribution >= 4 is 11.6 Å². The highest BCUT2D eigenvalue weighted by Gasteiger charge is 1.98. The van der Waals surface area contributed by atoms with Gasteiger partial charge >= 0.3 is 0 Å². The second-order valence-electron chi connectivity index (χ2n) is 1.98. The fourth-order valence-corrected chi connectivity index (χ4v) is 0.712. The molecule has 4 N–H and O–H groups in total. The van der Waals surface area contributed by atoms with Crippen LogP contribution in [0.1, 0.15) is 12.6 Å². The number of hydrogen-bond donors (Lipinski definition) is 2. The summed E-state index contributed by atoms with van der Waals surface area (Å²) in [6.07, 6.45) is 2.22. The summed E-state index contributed by atoms with van der Waals surface area (Å²) in [5.41, 5.74) is 11.6. The monoisotopic (exact) mass is 138 g/mol. The van der Waals surface area contributed by atoms with Crippen LogP contribution in [0.5, 0.6) is 0 Å². The van der Waals surface area contributed by atoms with Crippen LogP contribution in [-0.2, 0) is 6.42 Å². The highest BCUT2D eigenvalue weighted by atomic mass is 15.0. The number of nitrogen functional groups attached to an aromatic ring is 2. The molecule has 0 aliphatic carbocycles. The quantitative estimate of drug-likeness (QED) is 0.581. The molecule has 0 atom stereocenters. The van der Waals surface area contributed by atoms with Gasteiger partial charge in [-0.05, 0) is 6.42 Å². The van der Waals surface area contributed by atoms with Crippen LogP contribution in [0.3, 0.4) is 0 Å². The van der Waals surface area contributed by atoms with E-state index in [4.69, 9.17) is 11.5 Å². The molecule has 0 bridgehead atoms. The molecule has 1 aromatic heterocycles. The topological polar surface area (TPSA) is 77.8 Å². The van der Waals surface area contributed by atoms with Gasteiger partial charge in [0.15, 0.2) is 0 Å². The van der Waals surface area contributed by atoms with Crippen LogP contribution in [-0.4, -0.2) is 9.97 Å². The average Bonchev–Trinajstić information content (AvgIpc) is 1.94.